The molecule has 1 atom stereocenters. The molecule has 1 fully saturated rings. The molecule has 1 N–H and O–H groups in total. The molecule has 0 saturated carbocycles. The number of hydrogen-bond donors (Lipinski definition) is 1. The molecule has 1 saturated heterocycles. The van der Waals surface area contributed by atoms with Crippen molar-refractivity contribution >= 4 is 17.5 Å². The highest BCUT2D eigenvalue weighted by Gasteiger charge is 2.51. The molecule has 140 valence electrons. The first-order chi connectivity index (χ1) is 12.9. The third kappa shape index (κ3) is 2.72. The lowest BCUT2D eigenvalue weighted by molar-refractivity contribution is -0.143. The minimum Gasteiger partial charge on any atom is -0.378 e. The number of nitrogens with zero attached hydrogens (tertiary/aromatic N) is 2. The zero-order valence-electron chi connectivity index (χ0n) is 15.1. The Morgan fingerprint density at radius 2 is 1.74 bits per heavy atom. The summed E-state index contributed by atoms with van der Waals surface area (Å²) in [6.45, 7) is 0.788. The van der Waals surface area contributed by atoms with Crippen molar-refractivity contribution in [3.63, 3.8) is 0 Å². The molecular formula is C21H21FN2O3. The average molecular weight is 368 g/mol. The molecule has 0 radical (unpaired) electrons. The second-order valence-corrected chi connectivity index (χ2v) is 7.24. The molecule has 2 heterocycles. The summed E-state index contributed by atoms with van der Waals surface area (Å²) in [4.78, 5) is 28.9. The highest BCUT2D eigenvalue weighted by atomic mass is 19.1. The first-order valence-corrected chi connectivity index (χ1v) is 9.04. The van der Waals surface area contributed by atoms with Crippen LogP contribution in [0.1, 0.15) is 30.1 Å². The van der Waals surface area contributed by atoms with Crippen LogP contribution in [0.15, 0.2) is 48.5 Å². The normalized spacial score (nSPS) is 19.3. The Kier molecular flexibility index (Phi) is 4.23. The van der Waals surface area contributed by atoms with Gasteiger partial charge in [-0.1, -0.05) is 30.3 Å². The van der Waals surface area contributed by atoms with Gasteiger partial charge < -0.3 is 14.9 Å². The van der Waals surface area contributed by atoms with E-state index < -0.39 is 23.2 Å². The standard InChI is InChI=1S/C21H21FN2O3/c1-23-17-5-3-2-4-16(17)21(20(23)27)10-12-24(13-11-21)19(26)18(25)14-6-8-15(22)9-7-14/h2-9,18,25H,10-13H2,1H3. The van der Waals surface area contributed by atoms with Gasteiger partial charge in [-0.3, -0.25) is 9.59 Å². The Labute approximate surface area is 157 Å². The van der Waals surface area contributed by atoms with Gasteiger partial charge in [-0.25, -0.2) is 4.39 Å². The molecule has 1 spiro atoms. The lowest BCUT2D eigenvalue weighted by Crippen LogP contribution is -2.50. The fraction of sp³-hybridized carbons (Fsp3) is 0.333. The first kappa shape index (κ1) is 17.7. The number of anilines is 1. The van der Waals surface area contributed by atoms with Crippen molar-refractivity contribution in [1.29, 1.82) is 0 Å². The van der Waals surface area contributed by atoms with Gasteiger partial charge in [0.25, 0.3) is 5.91 Å². The summed E-state index contributed by atoms with van der Waals surface area (Å²) in [6, 6.07) is 13.0. The van der Waals surface area contributed by atoms with E-state index in [1.807, 2.05) is 24.3 Å². The second-order valence-electron chi connectivity index (χ2n) is 7.24. The lowest BCUT2D eigenvalue weighted by Gasteiger charge is -2.39. The van der Waals surface area contributed by atoms with Gasteiger partial charge in [-0.15, -0.1) is 0 Å². The van der Waals surface area contributed by atoms with E-state index in [2.05, 4.69) is 0 Å². The predicted molar refractivity (Wildman–Crippen MR) is 98.7 cm³/mol. The zero-order valence-corrected chi connectivity index (χ0v) is 15.1. The molecule has 6 heteroatoms. The van der Waals surface area contributed by atoms with Crippen molar-refractivity contribution in [2.24, 2.45) is 0 Å². The van der Waals surface area contributed by atoms with Gasteiger partial charge in [0.05, 0.1) is 5.41 Å². The summed E-state index contributed by atoms with van der Waals surface area (Å²) in [5, 5.41) is 10.4. The zero-order chi connectivity index (χ0) is 19.2. The van der Waals surface area contributed by atoms with E-state index >= 15 is 0 Å². The molecule has 2 aromatic rings. The molecule has 0 bridgehead atoms. The summed E-state index contributed by atoms with van der Waals surface area (Å²) in [5.74, 6) is -0.765. The Bertz CT molecular complexity index is 889. The Morgan fingerprint density at radius 3 is 2.41 bits per heavy atom. The van der Waals surface area contributed by atoms with Gasteiger partial charge in [0, 0.05) is 25.8 Å². The number of likely N-dealkylation sites (N-methyl/N-ethyl adjacent to an activating group) is 1. The third-order valence-corrected chi connectivity index (χ3v) is 5.84. The molecule has 0 aliphatic carbocycles. The minimum absolute atomic E-state index is 0.0647. The Balaban J connectivity index is 1.51. The van der Waals surface area contributed by atoms with Crippen LogP contribution in [0.25, 0.3) is 0 Å². The molecule has 2 aliphatic heterocycles. The number of likely N-dealkylation sites (tertiary alicyclic amines) is 1. The number of aliphatic hydroxyl groups excluding tert-OH is 1. The van der Waals surface area contributed by atoms with Crippen LogP contribution in [0.4, 0.5) is 10.1 Å². The van der Waals surface area contributed by atoms with E-state index in [4.69, 9.17) is 0 Å². The molecule has 2 aromatic carbocycles. The van der Waals surface area contributed by atoms with E-state index in [-0.39, 0.29) is 5.91 Å². The van der Waals surface area contributed by atoms with Crippen LogP contribution >= 0.6 is 0 Å². The van der Waals surface area contributed by atoms with Crippen LogP contribution < -0.4 is 4.90 Å². The number of rotatable bonds is 2. The number of amides is 2. The van der Waals surface area contributed by atoms with Crippen LogP contribution in [-0.2, 0) is 15.0 Å². The number of halogens is 1. The molecule has 4 rings (SSSR count). The molecule has 5 nitrogen and oxygen atoms in total. The second kappa shape index (κ2) is 6.46. The highest BCUT2D eigenvalue weighted by Crippen LogP contribution is 2.47. The summed E-state index contributed by atoms with van der Waals surface area (Å²) >= 11 is 0. The molecule has 1 unspecified atom stereocenters. The average Bonchev–Trinajstić information content (AvgIpc) is 2.91. The summed E-state index contributed by atoms with van der Waals surface area (Å²) < 4.78 is 13.1. The number of aliphatic hydroxyl groups is 1. The van der Waals surface area contributed by atoms with Gasteiger partial charge in [-0.05, 0) is 42.2 Å². The minimum atomic E-state index is -1.33. The summed E-state index contributed by atoms with van der Waals surface area (Å²) in [7, 11) is 1.78. The van der Waals surface area contributed by atoms with Crippen molar-refractivity contribution < 1.29 is 19.1 Å². The number of fused-ring (bicyclic) bond motifs is 2. The van der Waals surface area contributed by atoms with Crippen molar-refractivity contribution in [2.75, 3.05) is 25.0 Å². The molecule has 2 aliphatic rings. The van der Waals surface area contributed by atoms with Crippen molar-refractivity contribution in [1.82, 2.24) is 4.90 Å². The van der Waals surface area contributed by atoms with E-state index in [9.17, 15) is 19.1 Å². The van der Waals surface area contributed by atoms with Gasteiger partial charge in [0.2, 0.25) is 5.91 Å². The largest absolute Gasteiger partial charge is 0.378 e. The van der Waals surface area contributed by atoms with Gasteiger partial charge in [0.1, 0.15) is 5.82 Å². The Hall–Kier alpha value is -2.73. The van der Waals surface area contributed by atoms with Crippen LogP contribution in [0.2, 0.25) is 0 Å². The number of piperidine rings is 1. The van der Waals surface area contributed by atoms with Crippen molar-refractivity contribution in [2.45, 2.75) is 24.4 Å². The number of para-hydroxylation sites is 1. The van der Waals surface area contributed by atoms with E-state index in [0.29, 0.717) is 31.5 Å². The van der Waals surface area contributed by atoms with E-state index in [0.717, 1.165) is 11.3 Å². The van der Waals surface area contributed by atoms with Crippen LogP contribution in [0, 0.1) is 5.82 Å². The lowest BCUT2D eigenvalue weighted by atomic mass is 9.73. The smallest absolute Gasteiger partial charge is 0.256 e. The maximum Gasteiger partial charge on any atom is 0.256 e. The molecule has 2 amide bonds. The van der Waals surface area contributed by atoms with Crippen LogP contribution in [0.5, 0.6) is 0 Å². The maximum absolute atomic E-state index is 13.1. The fourth-order valence-corrected chi connectivity index (χ4v) is 4.27. The van der Waals surface area contributed by atoms with Gasteiger partial charge in [0.15, 0.2) is 6.10 Å². The van der Waals surface area contributed by atoms with Crippen LogP contribution in [-0.4, -0.2) is 42.0 Å². The molecule has 27 heavy (non-hydrogen) atoms. The summed E-state index contributed by atoms with van der Waals surface area (Å²) in [5.41, 5.74) is 1.71. The van der Waals surface area contributed by atoms with Crippen molar-refractivity contribution in [3.05, 3.63) is 65.5 Å². The maximum atomic E-state index is 13.1. The monoisotopic (exact) mass is 368 g/mol. The summed E-state index contributed by atoms with van der Waals surface area (Å²) in [6.07, 6.45) is -0.279. The Morgan fingerprint density at radius 1 is 1.11 bits per heavy atom. The first-order valence-electron chi connectivity index (χ1n) is 9.04. The quantitative estimate of drug-likeness (QED) is 0.886. The van der Waals surface area contributed by atoms with Crippen LogP contribution in [0.3, 0.4) is 0 Å². The van der Waals surface area contributed by atoms with E-state index in [1.54, 1.807) is 16.8 Å². The number of carbonyl (C=O) groups is 2. The highest BCUT2D eigenvalue weighted by molar-refractivity contribution is 6.08. The van der Waals surface area contributed by atoms with E-state index in [1.165, 1.54) is 24.3 Å². The fourth-order valence-electron chi connectivity index (χ4n) is 4.27. The topological polar surface area (TPSA) is 60.9 Å². The van der Waals surface area contributed by atoms with Crippen molar-refractivity contribution in [3.8, 4) is 0 Å². The number of benzene rings is 2. The number of hydrogen-bond acceptors (Lipinski definition) is 3. The van der Waals surface area contributed by atoms with Gasteiger partial charge in [-0.2, -0.15) is 0 Å². The predicted octanol–water partition coefficient (Wildman–Crippen LogP) is 2.40. The third-order valence-electron chi connectivity index (χ3n) is 5.84. The molecule has 0 aromatic heterocycles. The van der Waals surface area contributed by atoms with Gasteiger partial charge >= 0.3 is 0 Å². The SMILES string of the molecule is CN1C(=O)C2(CCN(C(=O)C(O)c3ccc(F)cc3)CC2)c2ccccc21. The number of carbonyl (C=O) groups excluding carboxylic acids is 2. The molecular weight excluding hydrogens is 347 g/mol.